The zero-order valence-electron chi connectivity index (χ0n) is 15.2. The summed E-state index contributed by atoms with van der Waals surface area (Å²) in [6.45, 7) is 4.62. The Bertz CT molecular complexity index is 762. The Morgan fingerprint density at radius 3 is 3.00 bits per heavy atom. The first-order chi connectivity index (χ1) is 12.6. The van der Waals surface area contributed by atoms with Crippen molar-refractivity contribution in [1.29, 1.82) is 0 Å². The zero-order valence-corrected chi connectivity index (χ0v) is 15.2. The molecule has 1 fully saturated rings. The molecule has 1 aliphatic heterocycles. The number of likely N-dealkylation sites (tertiary alicyclic amines) is 1. The van der Waals surface area contributed by atoms with Crippen molar-refractivity contribution in [2.45, 2.75) is 32.9 Å². The summed E-state index contributed by atoms with van der Waals surface area (Å²) in [7, 11) is 1.66. The minimum Gasteiger partial charge on any atom is -0.377 e. The van der Waals surface area contributed by atoms with E-state index in [-0.39, 0.29) is 11.7 Å². The van der Waals surface area contributed by atoms with Gasteiger partial charge in [0.05, 0.1) is 5.69 Å². The molecule has 1 aromatic carbocycles. The number of aryl methyl sites for hydroxylation is 1. The number of halogens is 1. The maximum absolute atomic E-state index is 13.8. The maximum Gasteiger partial charge on any atom is 0.321 e. The van der Waals surface area contributed by atoms with E-state index in [1.54, 1.807) is 30.2 Å². The first-order valence-electron chi connectivity index (χ1n) is 8.89. The topological polar surface area (TPSA) is 59.4 Å². The van der Waals surface area contributed by atoms with Crippen LogP contribution in [0.3, 0.4) is 0 Å². The summed E-state index contributed by atoms with van der Waals surface area (Å²) in [5, 5.41) is 2.68. The molecule has 0 radical (unpaired) electrons. The third-order valence-electron chi connectivity index (χ3n) is 4.77. The number of benzene rings is 1. The van der Waals surface area contributed by atoms with Gasteiger partial charge >= 0.3 is 6.03 Å². The number of urea groups is 1. The average Bonchev–Trinajstić information content (AvgIpc) is 2.98. The third-order valence-corrected chi connectivity index (χ3v) is 4.77. The van der Waals surface area contributed by atoms with Crippen LogP contribution in [0.1, 0.15) is 24.4 Å². The largest absolute Gasteiger partial charge is 0.377 e. The minimum atomic E-state index is -0.423. The van der Waals surface area contributed by atoms with Crippen LogP contribution in [-0.2, 0) is 17.9 Å². The van der Waals surface area contributed by atoms with Crippen LogP contribution in [0.2, 0.25) is 0 Å². The fraction of sp³-hybridized carbons (Fsp3) is 0.474. The molecule has 0 bridgehead atoms. The lowest BCUT2D eigenvalue weighted by Crippen LogP contribution is -2.43. The molecule has 1 aliphatic rings. The highest BCUT2D eigenvalue weighted by Gasteiger charge is 2.25. The molecule has 2 amide bonds. The SMILES string of the molecule is COCc1ncc(C)n1CC1CCCN(C(=O)Nc2ccccc2F)C1. The number of amides is 2. The van der Waals surface area contributed by atoms with Crippen molar-refractivity contribution in [1.82, 2.24) is 14.5 Å². The molecule has 6 nitrogen and oxygen atoms in total. The van der Waals surface area contributed by atoms with Gasteiger partial charge in [0, 0.05) is 38.6 Å². The number of carbonyl (C=O) groups is 1. The molecule has 140 valence electrons. The lowest BCUT2D eigenvalue weighted by Gasteiger charge is -2.33. The van der Waals surface area contributed by atoms with Crippen molar-refractivity contribution >= 4 is 11.7 Å². The van der Waals surface area contributed by atoms with E-state index in [0.29, 0.717) is 25.6 Å². The number of hydrogen-bond acceptors (Lipinski definition) is 3. The summed E-state index contributed by atoms with van der Waals surface area (Å²) >= 11 is 0. The molecule has 26 heavy (non-hydrogen) atoms. The molecule has 1 saturated heterocycles. The number of nitrogens with zero attached hydrogens (tertiary/aromatic N) is 3. The molecule has 3 rings (SSSR count). The van der Waals surface area contributed by atoms with Crippen molar-refractivity contribution in [2.75, 3.05) is 25.5 Å². The van der Waals surface area contributed by atoms with E-state index in [1.807, 2.05) is 13.1 Å². The van der Waals surface area contributed by atoms with Crippen LogP contribution in [0, 0.1) is 18.7 Å². The Morgan fingerprint density at radius 2 is 2.23 bits per heavy atom. The van der Waals surface area contributed by atoms with Gasteiger partial charge in [0.15, 0.2) is 0 Å². The summed E-state index contributed by atoms with van der Waals surface area (Å²) in [5.74, 6) is 0.809. The number of hydrogen-bond donors (Lipinski definition) is 1. The molecule has 0 aliphatic carbocycles. The first-order valence-corrected chi connectivity index (χ1v) is 8.89. The molecule has 2 heterocycles. The van der Waals surface area contributed by atoms with Crippen LogP contribution in [0.25, 0.3) is 0 Å². The number of aromatic nitrogens is 2. The molecule has 7 heteroatoms. The number of carbonyl (C=O) groups excluding carboxylic acids is 1. The van der Waals surface area contributed by atoms with Gasteiger partial charge in [0.1, 0.15) is 18.2 Å². The number of rotatable bonds is 5. The van der Waals surface area contributed by atoms with Crippen molar-refractivity contribution < 1.29 is 13.9 Å². The van der Waals surface area contributed by atoms with E-state index in [9.17, 15) is 9.18 Å². The zero-order chi connectivity index (χ0) is 18.5. The Hall–Kier alpha value is -2.41. The predicted octanol–water partition coefficient (Wildman–Crippen LogP) is 3.42. The third kappa shape index (κ3) is 4.22. The van der Waals surface area contributed by atoms with Crippen LogP contribution in [0.5, 0.6) is 0 Å². The van der Waals surface area contributed by atoms with E-state index >= 15 is 0 Å². The van der Waals surface area contributed by atoms with Crippen LogP contribution in [0.15, 0.2) is 30.5 Å². The highest BCUT2D eigenvalue weighted by molar-refractivity contribution is 5.89. The fourth-order valence-electron chi connectivity index (χ4n) is 3.42. The van der Waals surface area contributed by atoms with Gasteiger partial charge in [0.2, 0.25) is 0 Å². The minimum absolute atomic E-state index is 0.215. The lowest BCUT2D eigenvalue weighted by molar-refractivity contribution is 0.159. The van der Waals surface area contributed by atoms with Crippen LogP contribution >= 0.6 is 0 Å². The molecule has 0 spiro atoms. The summed E-state index contributed by atoms with van der Waals surface area (Å²) in [6.07, 6.45) is 3.83. The molecule has 1 unspecified atom stereocenters. The molecule has 1 atom stereocenters. The summed E-state index contributed by atoms with van der Waals surface area (Å²) in [5.41, 5.74) is 1.30. The van der Waals surface area contributed by atoms with E-state index in [1.165, 1.54) is 6.07 Å². The number of imidazole rings is 1. The van der Waals surface area contributed by atoms with Gasteiger partial charge in [-0.3, -0.25) is 0 Å². The average molecular weight is 360 g/mol. The van der Waals surface area contributed by atoms with Crippen molar-refractivity contribution in [3.63, 3.8) is 0 Å². The van der Waals surface area contributed by atoms with Gasteiger partial charge in [-0.1, -0.05) is 12.1 Å². The number of para-hydroxylation sites is 1. The lowest BCUT2D eigenvalue weighted by atomic mass is 9.98. The maximum atomic E-state index is 13.8. The Morgan fingerprint density at radius 1 is 1.42 bits per heavy atom. The summed E-state index contributed by atoms with van der Waals surface area (Å²) in [4.78, 5) is 18.7. The fourth-order valence-corrected chi connectivity index (χ4v) is 3.42. The highest BCUT2D eigenvalue weighted by Crippen LogP contribution is 2.22. The van der Waals surface area contributed by atoms with E-state index in [4.69, 9.17) is 4.74 Å². The smallest absolute Gasteiger partial charge is 0.321 e. The number of anilines is 1. The Labute approximate surface area is 153 Å². The second kappa shape index (κ2) is 8.31. The monoisotopic (exact) mass is 360 g/mol. The van der Waals surface area contributed by atoms with Crippen molar-refractivity contribution in [3.05, 3.63) is 47.8 Å². The van der Waals surface area contributed by atoms with E-state index in [0.717, 1.165) is 30.9 Å². The molecular weight excluding hydrogens is 335 g/mol. The molecule has 1 aromatic heterocycles. The van der Waals surface area contributed by atoms with Gasteiger partial charge in [-0.2, -0.15) is 0 Å². The van der Waals surface area contributed by atoms with E-state index in [2.05, 4.69) is 14.9 Å². The molecular formula is C19H25FN4O2. The predicted molar refractivity (Wildman–Crippen MR) is 97.4 cm³/mol. The van der Waals surface area contributed by atoms with Crippen molar-refractivity contribution in [2.24, 2.45) is 5.92 Å². The molecule has 1 N–H and O–H groups in total. The number of nitrogens with one attached hydrogen (secondary N) is 1. The van der Waals surface area contributed by atoms with Gasteiger partial charge < -0.3 is 19.5 Å². The van der Waals surface area contributed by atoms with Gasteiger partial charge in [-0.15, -0.1) is 0 Å². The van der Waals surface area contributed by atoms with E-state index < -0.39 is 5.82 Å². The van der Waals surface area contributed by atoms with Crippen molar-refractivity contribution in [3.8, 4) is 0 Å². The van der Waals surface area contributed by atoms with Gasteiger partial charge in [0.25, 0.3) is 0 Å². The number of methoxy groups -OCH3 is 1. The summed E-state index contributed by atoms with van der Waals surface area (Å²) < 4.78 is 21.1. The van der Waals surface area contributed by atoms with Crippen LogP contribution in [0.4, 0.5) is 14.9 Å². The normalized spacial score (nSPS) is 17.3. The Balaban J connectivity index is 1.63. The first kappa shape index (κ1) is 18.4. The van der Waals surface area contributed by atoms with Gasteiger partial charge in [-0.25, -0.2) is 14.2 Å². The number of ether oxygens (including phenoxy) is 1. The summed E-state index contributed by atoms with van der Waals surface area (Å²) in [6, 6.07) is 5.97. The van der Waals surface area contributed by atoms with Crippen LogP contribution in [-0.4, -0.2) is 40.7 Å². The quantitative estimate of drug-likeness (QED) is 0.889. The Kier molecular flexibility index (Phi) is 5.88. The standard InChI is InChI=1S/C19H25FN4O2/c1-14-10-21-18(13-26-2)24(14)12-15-6-5-9-23(11-15)19(25)22-17-8-4-3-7-16(17)20/h3-4,7-8,10,15H,5-6,9,11-13H2,1-2H3,(H,22,25). The van der Waals surface area contributed by atoms with Crippen LogP contribution < -0.4 is 5.32 Å². The second-order valence-electron chi connectivity index (χ2n) is 6.72. The number of piperidine rings is 1. The molecule has 2 aromatic rings. The molecule has 0 saturated carbocycles. The van der Waals surface area contributed by atoms with Gasteiger partial charge in [-0.05, 0) is 37.8 Å². The highest BCUT2D eigenvalue weighted by atomic mass is 19.1. The second-order valence-corrected chi connectivity index (χ2v) is 6.72.